The molecule has 138 valence electrons. The van der Waals surface area contributed by atoms with Crippen LogP contribution in [0.25, 0.3) is 0 Å². The molecule has 2 N–H and O–H groups in total. The van der Waals surface area contributed by atoms with E-state index < -0.39 is 6.03 Å². The predicted octanol–water partition coefficient (Wildman–Crippen LogP) is 5.25. The molecule has 0 saturated heterocycles. The highest BCUT2D eigenvalue weighted by Crippen LogP contribution is 2.29. The van der Waals surface area contributed by atoms with Crippen molar-refractivity contribution in [3.8, 4) is 5.75 Å². The SMILES string of the molecule is COc1ccc(NC(=O)N/N=C/c2ccc(Sc3ccc(Cl)cc3)o2)cc1. The predicted molar refractivity (Wildman–Crippen MR) is 107 cm³/mol. The highest BCUT2D eigenvalue weighted by Gasteiger charge is 2.04. The number of nitrogens with zero attached hydrogens (tertiary/aromatic N) is 1. The van der Waals surface area contributed by atoms with Crippen molar-refractivity contribution in [2.75, 3.05) is 12.4 Å². The minimum atomic E-state index is -0.460. The summed E-state index contributed by atoms with van der Waals surface area (Å²) >= 11 is 7.34. The van der Waals surface area contributed by atoms with Crippen LogP contribution in [0.15, 0.2) is 80.2 Å². The van der Waals surface area contributed by atoms with Crippen molar-refractivity contribution in [2.45, 2.75) is 9.99 Å². The normalized spacial score (nSPS) is 10.7. The van der Waals surface area contributed by atoms with Gasteiger partial charge in [-0.25, -0.2) is 10.2 Å². The van der Waals surface area contributed by atoms with Crippen LogP contribution in [0, 0.1) is 0 Å². The minimum Gasteiger partial charge on any atom is -0.497 e. The zero-order chi connectivity index (χ0) is 19.1. The molecule has 0 radical (unpaired) electrons. The third kappa shape index (κ3) is 5.80. The van der Waals surface area contributed by atoms with Gasteiger partial charge in [0.05, 0.1) is 13.3 Å². The second-order valence-corrected chi connectivity index (χ2v) is 6.78. The van der Waals surface area contributed by atoms with Crippen LogP contribution in [-0.4, -0.2) is 19.4 Å². The number of urea groups is 1. The van der Waals surface area contributed by atoms with E-state index in [-0.39, 0.29) is 0 Å². The molecule has 8 heteroatoms. The number of ether oxygens (including phenoxy) is 1. The summed E-state index contributed by atoms with van der Waals surface area (Å²) in [5.41, 5.74) is 3.01. The Morgan fingerprint density at radius 1 is 1.11 bits per heavy atom. The second-order valence-electron chi connectivity index (χ2n) is 5.27. The molecule has 0 bridgehead atoms. The number of furan rings is 1. The molecule has 0 aliphatic rings. The van der Waals surface area contributed by atoms with Crippen LogP contribution in [0.4, 0.5) is 10.5 Å². The van der Waals surface area contributed by atoms with Gasteiger partial charge in [-0.1, -0.05) is 23.4 Å². The van der Waals surface area contributed by atoms with Gasteiger partial charge in [0.25, 0.3) is 0 Å². The average Bonchev–Trinajstić information content (AvgIpc) is 3.11. The van der Waals surface area contributed by atoms with Gasteiger partial charge in [-0.2, -0.15) is 5.10 Å². The highest BCUT2D eigenvalue weighted by molar-refractivity contribution is 7.99. The van der Waals surface area contributed by atoms with Crippen molar-refractivity contribution < 1.29 is 13.9 Å². The summed E-state index contributed by atoms with van der Waals surface area (Å²) in [5.74, 6) is 1.24. The maximum atomic E-state index is 11.8. The smallest absolute Gasteiger partial charge is 0.339 e. The summed E-state index contributed by atoms with van der Waals surface area (Å²) in [4.78, 5) is 12.8. The Bertz CT molecular complexity index is 924. The van der Waals surface area contributed by atoms with E-state index in [0.29, 0.717) is 27.3 Å². The molecule has 0 saturated carbocycles. The first-order valence-corrected chi connectivity index (χ1v) is 9.09. The van der Waals surface area contributed by atoms with Crippen LogP contribution in [-0.2, 0) is 0 Å². The van der Waals surface area contributed by atoms with Gasteiger partial charge < -0.3 is 14.5 Å². The van der Waals surface area contributed by atoms with Crippen LogP contribution in [0.3, 0.4) is 0 Å². The number of methoxy groups -OCH3 is 1. The molecule has 0 atom stereocenters. The Morgan fingerprint density at radius 3 is 2.56 bits per heavy atom. The van der Waals surface area contributed by atoms with Crippen molar-refractivity contribution in [3.05, 3.63) is 71.4 Å². The van der Waals surface area contributed by atoms with Gasteiger partial charge in [0.2, 0.25) is 0 Å². The fraction of sp³-hybridized carbons (Fsp3) is 0.0526. The second kappa shape index (κ2) is 9.16. The Hall–Kier alpha value is -2.90. The maximum absolute atomic E-state index is 11.8. The van der Waals surface area contributed by atoms with Gasteiger partial charge in [0, 0.05) is 15.6 Å². The largest absolute Gasteiger partial charge is 0.497 e. The van der Waals surface area contributed by atoms with Crippen molar-refractivity contribution in [3.63, 3.8) is 0 Å². The van der Waals surface area contributed by atoms with E-state index >= 15 is 0 Å². The van der Waals surface area contributed by atoms with Crippen molar-refractivity contribution in [1.29, 1.82) is 0 Å². The van der Waals surface area contributed by atoms with Crippen LogP contribution < -0.4 is 15.5 Å². The standard InChI is InChI=1S/C19H16ClN3O3S/c1-25-15-6-4-14(5-7-15)22-19(24)23-21-12-16-8-11-18(26-16)27-17-9-2-13(20)3-10-17/h2-12H,1H3,(H2,22,23,24)/b21-12+. The van der Waals surface area contributed by atoms with E-state index in [1.807, 2.05) is 30.3 Å². The van der Waals surface area contributed by atoms with Gasteiger partial charge in [-0.05, 0) is 60.7 Å². The quantitative estimate of drug-likeness (QED) is 0.437. The first-order chi connectivity index (χ1) is 13.1. The molecule has 1 aromatic heterocycles. The lowest BCUT2D eigenvalue weighted by Gasteiger charge is -2.05. The summed E-state index contributed by atoms with van der Waals surface area (Å²) < 4.78 is 10.7. The molecule has 0 fully saturated rings. The molecule has 2 amide bonds. The number of nitrogens with one attached hydrogen (secondary N) is 2. The number of rotatable bonds is 6. The van der Waals surface area contributed by atoms with Crippen molar-refractivity contribution in [1.82, 2.24) is 5.43 Å². The Balaban J connectivity index is 1.49. The number of halogens is 1. The minimum absolute atomic E-state index is 0.460. The molecule has 3 rings (SSSR count). The number of carbonyl (C=O) groups excluding carboxylic acids is 1. The number of hydrogen-bond acceptors (Lipinski definition) is 5. The van der Waals surface area contributed by atoms with Crippen molar-refractivity contribution >= 4 is 41.3 Å². The van der Waals surface area contributed by atoms with Crippen LogP contribution >= 0.6 is 23.4 Å². The zero-order valence-corrected chi connectivity index (χ0v) is 15.9. The molecule has 0 aliphatic carbocycles. The highest BCUT2D eigenvalue weighted by atomic mass is 35.5. The topological polar surface area (TPSA) is 75.9 Å². The Morgan fingerprint density at radius 2 is 1.85 bits per heavy atom. The van der Waals surface area contributed by atoms with Crippen molar-refractivity contribution in [2.24, 2.45) is 5.10 Å². The number of hydrogen-bond donors (Lipinski definition) is 2. The number of carbonyl (C=O) groups is 1. The first kappa shape index (κ1) is 18.9. The lowest BCUT2D eigenvalue weighted by Crippen LogP contribution is -2.24. The van der Waals surface area contributed by atoms with E-state index in [1.54, 1.807) is 37.4 Å². The van der Waals surface area contributed by atoms with Crippen LogP contribution in [0.5, 0.6) is 5.75 Å². The van der Waals surface area contributed by atoms with E-state index in [2.05, 4.69) is 15.8 Å². The molecular weight excluding hydrogens is 386 g/mol. The molecule has 3 aromatic rings. The summed E-state index contributed by atoms with van der Waals surface area (Å²) in [6.45, 7) is 0. The van der Waals surface area contributed by atoms with Crippen LogP contribution in [0.1, 0.15) is 5.76 Å². The summed E-state index contributed by atoms with van der Waals surface area (Å²) in [6.07, 6.45) is 1.43. The van der Waals surface area contributed by atoms with Crippen LogP contribution in [0.2, 0.25) is 5.02 Å². The van der Waals surface area contributed by atoms with Gasteiger partial charge in [0.1, 0.15) is 11.5 Å². The van der Waals surface area contributed by atoms with Gasteiger partial charge in [-0.3, -0.25) is 0 Å². The van der Waals surface area contributed by atoms with Gasteiger partial charge in [-0.15, -0.1) is 0 Å². The molecule has 0 aliphatic heterocycles. The van der Waals surface area contributed by atoms with E-state index in [1.165, 1.54) is 18.0 Å². The third-order valence-corrected chi connectivity index (χ3v) is 4.52. The summed E-state index contributed by atoms with van der Waals surface area (Å²) in [7, 11) is 1.58. The molecule has 0 spiro atoms. The fourth-order valence-electron chi connectivity index (χ4n) is 2.07. The monoisotopic (exact) mass is 401 g/mol. The van der Waals surface area contributed by atoms with Gasteiger partial charge in [0.15, 0.2) is 5.09 Å². The lowest BCUT2D eigenvalue weighted by molar-refractivity contribution is 0.252. The number of hydrazone groups is 1. The first-order valence-electron chi connectivity index (χ1n) is 7.90. The Labute approximate surface area is 165 Å². The fourth-order valence-corrected chi connectivity index (χ4v) is 2.97. The number of anilines is 1. The Kier molecular flexibility index (Phi) is 6.40. The van der Waals surface area contributed by atoms with E-state index in [4.69, 9.17) is 20.8 Å². The third-order valence-electron chi connectivity index (χ3n) is 3.34. The lowest BCUT2D eigenvalue weighted by atomic mass is 10.3. The molecule has 0 unspecified atom stereocenters. The summed E-state index contributed by atoms with van der Waals surface area (Å²) in [5, 5.41) is 7.92. The molecule has 27 heavy (non-hydrogen) atoms. The molecule has 2 aromatic carbocycles. The molecular formula is C19H16ClN3O3S. The number of amides is 2. The average molecular weight is 402 g/mol. The maximum Gasteiger partial charge on any atom is 0.339 e. The molecule has 1 heterocycles. The number of benzene rings is 2. The van der Waals surface area contributed by atoms with Gasteiger partial charge >= 0.3 is 6.03 Å². The van der Waals surface area contributed by atoms with E-state index in [0.717, 1.165) is 4.90 Å². The zero-order valence-electron chi connectivity index (χ0n) is 14.3. The summed E-state index contributed by atoms with van der Waals surface area (Å²) in [6, 6.07) is 17.6. The van der Waals surface area contributed by atoms with E-state index in [9.17, 15) is 4.79 Å². The molecule has 6 nitrogen and oxygen atoms in total.